The second-order valence-corrected chi connectivity index (χ2v) is 10.4. The molecule has 0 fully saturated rings. The Bertz CT molecular complexity index is 894. The summed E-state index contributed by atoms with van der Waals surface area (Å²) in [6, 6.07) is 5.77. The van der Waals surface area contributed by atoms with E-state index in [4.69, 9.17) is 0 Å². The molecule has 0 saturated carbocycles. The number of benzene rings is 1. The number of sulfonamides is 1. The third-order valence-electron chi connectivity index (χ3n) is 3.39. The van der Waals surface area contributed by atoms with E-state index >= 15 is 0 Å². The Labute approximate surface area is 183 Å². The molecule has 0 aromatic heterocycles. The smallest absolute Gasteiger partial charge is 0.430 e. The molecular weight excluding hydrogens is 482 g/mol. The Morgan fingerprint density at radius 2 is 1.50 bits per heavy atom. The van der Waals surface area contributed by atoms with Crippen LogP contribution in [0.15, 0.2) is 35.2 Å². The molecule has 1 unspecified atom stereocenters. The highest BCUT2D eigenvalue weighted by Gasteiger charge is 2.78. The van der Waals surface area contributed by atoms with Crippen LogP contribution in [-0.2, 0) is 43.2 Å². The lowest BCUT2D eigenvalue weighted by Gasteiger charge is -2.36. The molecule has 1 rings (SSSR count). The van der Waals surface area contributed by atoms with E-state index in [1.165, 1.54) is 45.9 Å². The number of hydrogen-bond acceptors (Lipinski definition) is 9. The summed E-state index contributed by atoms with van der Waals surface area (Å²) in [6.07, 6.45) is -7.84. The fourth-order valence-electron chi connectivity index (χ4n) is 2.04. The summed E-state index contributed by atoms with van der Waals surface area (Å²) in [6.45, 7) is 5.76. The van der Waals surface area contributed by atoms with Gasteiger partial charge in [0.15, 0.2) is 0 Å². The fourth-order valence-corrected chi connectivity index (χ4v) is 5.48. The van der Waals surface area contributed by atoms with E-state index in [9.17, 15) is 30.9 Å². The van der Waals surface area contributed by atoms with E-state index in [0.717, 1.165) is 23.8 Å². The highest BCUT2D eigenvalue weighted by atomic mass is 32.2. The molecule has 1 N–H and O–H groups in total. The van der Waals surface area contributed by atoms with Gasteiger partial charge >= 0.3 is 25.0 Å². The highest BCUT2D eigenvalue weighted by molar-refractivity contribution is 7.90. The number of ether oxygens (including phenoxy) is 1. The third-order valence-corrected chi connectivity index (χ3v) is 6.95. The van der Waals surface area contributed by atoms with Gasteiger partial charge in [0.2, 0.25) is 10.0 Å². The molecule has 0 aliphatic rings. The van der Waals surface area contributed by atoms with Gasteiger partial charge < -0.3 is 4.74 Å². The third kappa shape index (κ3) is 6.50. The number of rotatable bonds is 12. The molecule has 0 aliphatic heterocycles. The summed E-state index contributed by atoms with van der Waals surface area (Å²) in [5.74, 6) is -2.30. The number of hydrogen-bond donors (Lipinski definition) is 1. The Kier molecular flexibility index (Phi) is 9.84. The van der Waals surface area contributed by atoms with Gasteiger partial charge in [-0.15, -0.1) is 9.35 Å². The van der Waals surface area contributed by atoms with Crippen LogP contribution in [0.1, 0.15) is 34.6 Å². The van der Waals surface area contributed by atoms with Crippen LogP contribution in [0.25, 0.3) is 0 Å². The van der Waals surface area contributed by atoms with Gasteiger partial charge in [0.25, 0.3) is 0 Å². The normalized spacial score (nSPS) is 15.1. The van der Waals surface area contributed by atoms with Crippen molar-refractivity contribution < 1.29 is 54.8 Å². The standard InChI is InChI=1S/C17H25F3NO9PS/c1-6-26-15(22)16(17(18,19)20,21-32(24,25)14-10-8-7-9-11-14)31(23,29-27-12(2)3)30-28-13(4)5/h7-13,21H,6H2,1-5H3. The van der Waals surface area contributed by atoms with Crippen molar-refractivity contribution >= 4 is 23.6 Å². The number of esters is 1. The van der Waals surface area contributed by atoms with Crippen molar-refractivity contribution in [1.82, 2.24) is 4.72 Å². The van der Waals surface area contributed by atoms with Crippen molar-refractivity contribution in [3.63, 3.8) is 0 Å². The molecule has 0 bridgehead atoms. The van der Waals surface area contributed by atoms with Gasteiger partial charge in [0.1, 0.15) is 0 Å². The maximum absolute atomic E-state index is 14.5. The Balaban J connectivity index is 3.83. The lowest BCUT2D eigenvalue weighted by atomic mass is 10.3. The zero-order valence-corrected chi connectivity index (χ0v) is 19.6. The Morgan fingerprint density at radius 1 is 1.03 bits per heavy atom. The zero-order chi connectivity index (χ0) is 24.8. The van der Waals surface area contributed by atoms with Gasteiger partial charge in [-0.3, -0.25) is 4.57 Å². The van der Waals surface area contributed by atoms with E-state index in [1.807, 2.05) is 0 Å². The average molecular weight is 507 g/mol. The first kappa shape index (κ1) is 28.5. The molecule has 32 heavy (non-hydrogen) atoms. The molecule has 1 atom stereocenters. The SMILES string of the molecule is CCOC(=O)C(NS(=O)(=O)c1ccccc1)(C(F)(F)F)P(=O)(OOC(C)C)OOC(C)C. The van der Waals surface area contributed by atoms with Crippen LogP contribution in [0.3, 0.4) is 0 Å². The summed E-state index contributed by atoms with van der Waals surface area (Å²) in [4.78, 5) is 21.1. The summed E-state index contributed by atoms with van der Waals surface area (Å²) >= 11 is 0. The van der Waals surface area contributed by atoms with Crippen LogP contribution in [-0.4, -0.2) is 44.7 Å². The summed E-state index contributed by atoms with van der Waals surface area (Å²) < 4.78 is 96.9. The lowest BCUT2D eigenvalue weighted by Crippen LogP contribution is -2.64. The summed E-state index contributed by atoms with van der Waals surface area (Å²) in [5.41, 5.74) is 0. The predicted octanol–water partition coefficient (Wildman–Crippen LogP) is 3.69. The predicted molar refractivity (Wildman–Crippen MR) is 104 cm³/mol. The first-order chi connectivity index (χ1) is 14.6. The number of alkyl halides is 3. The van der Waals surface area contributed by atoms with Crippen molar-refractivity contribution in [3.05, 3.63) is 30.3 Å². The molecule has 15 heteroatoms. The van der Waals surface area contributed by atoms with Crippen LogP contribution in [0.2, 0.25) is 0 Å². The number of carbonyl (C=O) groups is 1. The minimum absolute atomic E-state index is 0.625. The van der Waals surface area contributed by atoms with Gasteiger partial charge in [0, 0.05) is 0 Å². The quantitative estimate of drug-likeness (QED) is 0.195. The van der Waals surface area contributed by atoms with Crippen molar-refractivity contribution in [2.45, 2.75) is 63.2 Å². The van der Waals surface area contributed by atoms with Crippen molar-refractivity contribution in [1.29, 1.82) is 0 Å². The van der Waals surface area contributed by atoms with Crippen LogP contribution >= 0.6 is 7.60 Å². The maximum atomic E-state index is 14.5. The van der Waals surface area contributed by atoms with Gasteiger partial charge in [-0.1, -0.05) is 18.2 Å². The van der Waals surface area contributed by atoms with Gasteiger partial charge in [0.05, 0.1) is 23.7 Å². The van der Waals surface area contributed by atoms with E-state index in [0.29, 0.717) is 0 Å². The highest BCUT2D eigenvalue weighted by Crippen LogP contribution is 2.65. The molecule has 0 amide bonds. The largest absolute Gasteiger partial charge is 0.464 e. The Morgan fingerprint density at radius 3 is 1.88 bits per heavy atom. The van der Waals surface area contributed by atoms with E-state index in [-0.39, 0.29) is 0 Å². The number of carbonyl (C=O) groups excluding carboxylic acids is 1. The maximum Gasteiger partial charge on any atom is 0.430 e. The lowest BCUT2D eigenvalue weighted by molar-refractivity contribution is -0.302. The van der Waals surface area contributed by atoms with Crippen molar-refractivity contribution in [2.24, 2.45) is 0 Å². The average Bonchev–Trinajstić information content (AvgIpc) is 2.68. The van der Waals surface area contributed by atoms with Gasteiger partial charge in [-0.2, -0.15) is 17.9 Å². The van der Waals surface area contributed by atoms with E-state index in [1.54, 1.807) is 0 Å². The first-order valence-electron chi connectivity index (χ1n) is 9.26. The molecular formula is C17H25F3NO9PS. The second kappa shape index (κ2) is 11.1. The van der Waals surface area contributed by atoms with Crippen molar-refractivity contribution in [2.75, 3.05) is 6.61 Å². The van der Waals surface area contributed by atoms with Crippen LogP contribution < -0.4 is 4.72 Å². The van der Waals surface area contributed by atoms with Gasteiger partial charge in [-0.05, 0) is 46.8 Å². The monoisotopic (exact) mass is 507 g/mol. The number of halogens is 3. The second-order valence-electron chi connectivity index (χ2n) is 6.78. The molecule has 0 spiro atoms. The first-order valence-corrected chi connectivity index (χ1v) is 12.3. The molecule has 10 nitrogen and oxygen atoms in total. The minimum Gasteiger partial charge on any atom is -0.464 e. The topological polar surface area (TPSA) is 126 Å². The zero-order valence-electron chi connectivity index (χ0n) is 17.9. The van der Waals surface area contributed by atoms with E-state index in [2.05, 4.69) is 23.9 Å². The number of nitrogens with one attached hydrogen (secondary N) is 1. The molecule has 0 heterocycles. The van der Waals surface area contributed by atoms with Crippen LogP contribution in [0.4, 0.5) is 13.2 Å². The molecule has 0 saturated heterocycles. The fraction of sp³-hybridized carbons (Fsp3) is 0.588. The summed E-state index contributed by atoms with van der Waals surface area (Å²) in [5, 5.41) is -4.57. The van der Waals surface area contributed by atoms with E-state index < -0.39 is 58.8 Å². The van der Waals surface area contributed by atoms with Gasteiger partial charge in [-0.25, -0.2) is 23.0 Å². The van der Waals surface area contributed by atoms with Crippen molar-refractivity contribution in [3.8, 4) is 0 Å². The summed E-state index contributed by atoms with van der Waals surface area (Å²) in [7, 11) is -11.2. The van der Waals surface area contributed by atoms with Crippen LogP contribution in [0, 0.1) is 0 Å². The van der Waals surface area contributed by atoms with Crippen LogP contribution in [0.5, 0.6) is 0 Å². The molecule has 1 aromatic rings. The molecule has 184 valence electrons. The minimum atomic E-state index is -6.03. The Hall–Kier alpha value is -1.54. The molecule has 1 aromatic carbocycles. The molecule has 0 aliphatic carbocycles. The molecule has 0 radical (unpaired) electrons.